The lowest BCUT2D eigenvalue weighted by atomic mass is 10.1. The lowest BCUT2D eigenvalue weighted by Crippen LogP contribution is -2.50. The van der Waals surface area contributed by atoms with Gasteiger partial charge in [0, 0.05) is 12.1 Å². The van der Waals surface area contributed by atoms with E-state index in [1.54, 1.807) is 0 Å². The van der Waals surface area contributed by atoms with Crippen LogP contribution in [0.2, 0.25) is 0 Å². The molecule has 0 saturated carbocycles. The van der Waals surface area contributed by atoms with E-state index in [9.17, 15) is 22.8 Å². The summed E-state index contributed by atoms with van der Waals surface area (Å²) >= 11 is 0. The minimum absolute atomic E-state index is 0.159. The molecule has 0 aromatic heterocycles. The summed E-state index contributed by atoms with van der Waals surface area (Å²) in [5, 5.41) is 2.38. The molecule has 1 N–H and O–H groups in total. The Kier molecular flexibility index (Phi) is 6.94. The van der Waals surface area contributed by atoms with Gasteiger partial charge in [0.2, 0.25) is 5.91 Å². The first-order chi connectivity index (χ1) is 14.3. The van der Waals surface area contributed by atoms with Gasteiger partial charge in [-0.25, -0.2) is 0 Å². The van der Waals surface area contributed by atoms with Crippen molar-refractivity contribution in [2.45, 2.75) is 12.3 Å². The fraction of sp³-hybridized carbons (Fsp3) is 0.333. The molecule has 1 fully saturated rings. The summed E-state index contributed by atoms with van der Waals surface area (Å²) in [4.78, 5) is 26.1. The van der Waals surface area contributed by atoms with Gasteiger partial charge < -0.3 is 19.7 Å². The Bertz CT molecular complexity index is 874. The number of hydrogen-bond donors (Lipinski definition) is 1. The van der Waals surface area contributed by atoms with Crippen molar-refractivity contribution in [2.24, 2.45) is 0 Å². The Morgan fingerprint density at radius 3 is 2.63 bits per heavy atom. The van der Waals surface area contributed by atoms with E-state index in [4.69, 9.17) is 9.47 Å². The molecule has 30 heavy (non-hydrogen) atoms. The standard InChI is InChI=1S/C21H21F3N2O4/c22-21(23,24)16-6-4-5-15(11-16)20(28)25-12-19(27)26-9-10-29-18(13-26)14-30-17-7-2-1-3-8-17/h1-8,11,18H,9-10,12-14H2,(H,25,28). The number of nitrogens with one attached hydrogen (secondary N) is 1. The third kappa shape index (κ3) is 5.96. The molecule has 0 spiro atoms. The Morgan fingerprint density at radius 1 is 1.13 bits per heavy atom. The number of morpholine rings is 1. The van der Waals surface area contributed by atoms with E-state index in [0.29, 0.717) is 25.4 Å². The smallest absolute Gasteiger partial charge is 0.416 e. The van der Waals surface area contributed by atoms with Crippen LogP contribution in [0.15, 0.2) is 54.6 Å². The third-order valence-corrected chi connectivity index (χ3v) is 4.52. The van der Waals surface area contributed by atoms with Crippen LogP contribution < -0.4 is 10.1 Å². The SMILES string of the molecule is O=C(NCC(=O)N1CCOC(COc2ccccc2)C1)c1cccc(C(F)(F)F)c1. The first-order valence-corrected chi connectivity index (χ1v) is 9.35. The van der Waals surface area contributed by atoms with Gasteiger partial charge in [0.25, 0.3) is 5.91 Å². The molecule has 0 radical (unpaired) electrons. The Balaban J connectivity index is 1.49. The lowest BCUT2D eigenvalue weighted by Gasteiger charge is -2.33. The van der Waals surface area contributed by atoms with Gasteiger partial charge in [-0.3, -0.25) is 9.59 Å². The van der Waals surface area contributed by atoms with Crippen LogP contribution in [0, 0.1) is 0 Å². The normalized spacial score (nSPS) is 16.8. The topological polar surface area (TPSA) is 67.9 Å². The third-order valence-electron chi connectivity index (χ3n) is 4.52. The summed E-state index contributed by atoms with van der Waals surface area (Å²) < 4.78 is 49.6. The molecular formula is C21H21F3N2O4. The van der Waals surface area contributed by atoms with Crippen LogP contribution >= 0.6 is 0 Å². The lowest BCUT2D eigenvalue weighted by molar-refractivity contribution is -0.139. The van der Waals surface area contributed by atoms with Gasteiger partial charge in [-0.15, -0.1) is 0 Å². The van der Waals surface area contributed by atoms with Crippen molar-refractivity contribution in [3.63, 3.8) is 0 Å². The first kappa shape index (κ1) is 21.6. The molecule has 1 saturated heterocycles. The molecule has 1 unspecified atom stereocenters. The van der Waals surface area contributed by atoms with Crippen LogP contribution in [0.5, 0.6) is 5.75 Å². The monoisotopic (exact) mass is 422 g/mol. The predicted molar refractivity (Wildman–Crippen MR) is 102 cm³/mol. The van der Waals surface area contributed by atoms with Crippen molar-refractivity contribution in [2.75, 3.05) is 32.8 Å². The zero-order chi connectivity index (χ0) is 21.6. The van der Waals surface area contributed by atoms with Gasteiger partial charge >= 0.3 is 6.18 Å². The number of para-hydroxylation sites is 1. The second kappa shape index (κ2) is 9.62. The molecule has 2 aromatic carbocycles. The van der Waals surface area contributed by atoms with Crippen molar-refractivity contribution in [3.8, 4) is 5.75 Å². The van der Waals surface area contributed by atoms with Crippen LogP contribution in [0.3, 0.4) is 0 Å². The van der Waals surface area contributed by atoms with Gasteiger partial charge in [-0.1, -0.05) is 24.3 Å². The molecule has 6 nitrogen and oxygen atoms in total. The summed E-state index contributed by atoms with van der Waals surface area (Å²) in [6, 6.07) is 13.3. The zero-order valence-electron chi connectivity index (χ0n) is 16.0. The maximum Gasteiger partial charge on any atom is 0.416 e. The molecule has 3 rings (SSSR count). The van der Waals surface area contributed by atoms with Crippen molar-refractivity contribution >= 4 is 11.8 Å². The Labute approximate surface area is 171 Å². The van der Waals surface area contributed by atoms with Gasteiger partial charge in [0.1, 0.15) is 18.5 Å². The molecule has 0 bridgehead atoms. The Hall–Kier alpha value is -3.07. The number of carbonyl (C=O) groups excluding carboxylic acids is 2. The van der Waals surface area contributed by atoms with E-state index in [1.165, 1.54) is 11.0 Å². The predicted octanol–water partition coefficient (Wildman–Crippen LogP) is 2.74. The molecular weight excluding hydrogens is 401 g/mol. The molecule has 1 atom stereocenters. The van der Waals surface area contributed by atoms with Gasteiger partial charge in [0.05, 0.1) is 25.3 Å². The number of alkyl halides is 3. The highest BCUT2D eigenvalue weighted by Gasteiger charge is 2.31. The van der Waals surface area contributed by atoms with Crippen LogP contribution in [0.1, 0.15) is 15.9 Å². The largest absolute Gasteiger partial charge is 0.491 e. The quantitative estimate of drug-likeness (QED) is 0.778. The summed E-state index contributed by atoms with van der Waals surface area (Å²) in [6.07, 6.45) is -4.86. The average molecular weight is 422 g/mol. The van der Waals surface area contributed by atoms with E-state index >= 15 is 0 Å². The first-order valence-electron chi connectivity index (χ1n) is 9.35. The number of benzene rings is 2. The number of halogens is 3. The maximum atomic E-state index is 12.8. The Morgan fingerprint density at radius 2 is 1.90 bits per heavy atom. The maximum absolute atomic E-state index is 12.8. The van der Waals surface area contributed by atoms with E-state index < -0.39 is 17.6 Å². The van der Waals surface area contributed by atoms with Crippen LogP contribution in [-0.2, 0) is 15.7 Å². The minimum atomic E-state index is -4.54. The highest BCUT2D eigenvalue weighted by atomic mass is 19.4. The number of hydrogen-bond acceptors (Lipinski definition) is 4. The fourth-order valence-corrected chi connectivity index (χ4v) is 2.96. The van der Waals surface area contributed by atoms with E-state index in [2.05, 4.69) is 5.32 Å². The molecule has 2 amide bonds. The number of nitrogens with zero attached hydrogens (tertiary/aromatic N) is 1. The summed E-state index contributed by atoms with van der Waals surface area (Å²) in [6.45, 7) is 0.938. The zero-order valence-corrected chi connectivity index (χ0v) is 16.0. The van der Waals surface area contributed by atoms with Crippen LogP contribution in [-0.4, -0.2) is 55.7 Å². The van der Waals surface area contributed by atoms with Crippen LogP contribution in [0.25, 0.3) is 0 Å². The number of carbonyl (C=O) groups is 2. The second-order valence-electron chi connectivity index (χ2n) is 6.72. The summed E-state index contributed by atoms with van der Waals surface area (Å²) in [5.74, 6) is -0.395. The molecule has 2 aromatic rings. The number of ether oxygens (including phenoxy) is 2. The van der Waals surface area contributed by atoms with Gasteiger partial charge in [-0.05, 0) is 30.3 Å². The van der Waals surface area contributed by atoms with E-state index in [-0.39, 0.29) is 30.7 Å². The highest BCUT2D eigenvalue weighted by Crippen LogP contribution is 2.29. The average Bonchev–Trinajstić information content (AvgIpc) is 2.76. The highest BCUT2D eigenvalue weighted by molar-refractivity contribution is 5.96. The minimum Gasteiger partial charge on any atom is -0.491 e. The van der Waals surface area contributed by atoms with Gasteiger partial charge in [0.15, 0.2) is 0 Å². The summed E-state index contributed by atoms with van der Waals surface area (Å²) in [7, 11) is 0. The second-order valence-corrected chi connectivity index (χ2v) is 6.72. The number of amides is 2. The van der Waals surface area contributed by atoms with Crippen molar-refractivity contribution in [1.29, 1.82) is 0 Å². The fourth-order valence-electron chi connectivity index (χ4n) is 2.96. The summed E-state index contributed by atoms with van der Waals surface area (Å²) in [5.41, 5.74) is -1.08. The molecule has 1 heterocycles. The van der Waals surface area contributed by atoms with Crippen molar-refractivity contribution in [3.05, 3.63) is 65.7 Å². The van der Waals surface area contributed by atoms with Crippen molar-refractivity contribution in [1.82, 2.24) is 10.2 Å². The van der Waals surface area contributed by atoms with Crippen molar-refractivity contribution < 1.29 is 32.2 Å². The number of rotatable bonds is 6. The molecule has 0 aliphatic carbocycles. The molecule has 1 aliphatic rings. The molecule has 160 valence electrons. The van der Waals surface area contributed by atoms with Gasteiger partial charge in [-0.2, -0.15) is 13.2 Å². The van der Waals surface area contributed by atoms with E-state index in [0.717, 1.165) is 18.2 Å². The molecule has 1 aliphatic heterocycles. The van der Waals surface area contributed by atoms with Crippen LogP contribution in [0.4, 0.5) is 13.2 Å². The van der Waals surface area contributed by atoms with E-state index in [1.807, 2.05) is 30.3 Å². The molecule has 9 heteroatoms.